The number of anilines is 1. The van der Waals surface area contributed by atoms with Crippen LogP contribution in [0.1, 0.15) is 37.3 Å². The minimum absolute atomic E-state index is 0.309. The molecule has 0 aromatic heterocycles. The van der Waals surface area contributed by atoms with E-state index in [2.05, 4.69) is 19.2 Å². The molecule has 1 amide bonds. The van der Waals surface area contributed by atoms with Gasteiger partial charge in [0.15, 0.2) is 6.61 Å². The summed E-state index contributed by atoms with van der Waals surface area (Å²) in [6.45, 7) is 3.78. The van der Waals surface area contributed by atoms with E-state index in [1.807, 2.05) is 24.3 Å². The quantitative estimate of drug-likeness (QED) is 0.586. The Bertz CT molecular complexity index is 801. The highest BCUT2D eigenvalue weighted by molar-refractivity contribution is 5.95. The molecule has 2 rings (SSSR count). The van der Waals surface area contributed by atoms with Gasteiger partial charge in [0, 0.05) is 11.8 Å². The molecule has 136 valence electrons. The van der Waals surface area contributed by atoms with Gasteiger partial charge in [-0.1, -0.05) is 44.2 Å². The molecule has 1 atom stereocenters. The summed E-state index contributed by atoms with van der Waals surface area (Å²) >= 11 is 0. The van der Waals surface area contributed by atoms with Crippen LogP contribution in [0.2, 0.25) is 0 Å². The fourth-order valence-electron chi connectivity index (χ4n) is 2.41. The Morgan fingerprint density at radius 3 is 2.69 bits per heavy atom. The summed E-state index contributed by atoms with van der Waals surface area (Å²) in [4.78, 5) is 23.7. The number of carbonyl (C=O) groups is 2. The number of ether oxygens (including phenoxy) is 1. The first kappa shape index (κ1) is 19.4. The zero-order valence-corrected chi connectivity index (χ0v) is 14.9. The van der Waals surface area contributed by atoms with Gasteiger partial charge in [-0.2, -0.15) is 0 Å². The van der Waals surface area contributed by atoms with Crippen molar-refractivity contribution in [1.29, 1.82) is 0 Å². The van der Waals surface area contributed by atoms with Crippen molar-refractivity contribution in [2.45, 2.75) is 26.2 Å². The molecule has 2 aromatic rings. The summed E-state index contributed by atoms with van der Waals surface area (Å²) < 4.78 is 18.0. The van der Waals surface area contributed by atoms with E-state index in [0.717, 1.165) is 23.7 Å². The predicted molar refractivity (Wildman–Crippen MR) is 100 cm³/mol. The number of hydrogen-bond donors (Lipinski definition) is 1. The maximum atomic E-state index is 13.1. The van der Waals surface area contributed by atoms with Gasteiger partial charge in [-0.3, -0.25) is 4.79 Å². The molecule has 0 aliphatic heterocycles. The van der Waals surface area contributed by atoms with E-state index in [9.17, 15) is 14.0 Å². The van der Waals surface area contributed by atoms with Crippen molar-refractivity contribution >= 4 is 23.6 Å². The molecule has 5 heteroatoms. The maximum Gasteiger partial charge on any atom is 0.331 e. The molecular weight excluding hydrogens is 333 g/mol. The van der Waals surface area contributed by atoms with E-state index in [0.29, 0.717) is 11.5 Å². The van der Waals surface area contributed by atoms with Crippen LogP contribution in [0.25, 0.3) is 6.08 Å². The average molecular weight is 355 g/mol. The molecule has 1 N–H and O–H groups in total. The van der Waals surface area contributed by atoms with Crippen molar-refractivity contribution in [3.8, 4) is 0 Å². The summed E-state index contributed by atoms with van der Waals surface area (Å²) in [6, 6.07) is 13.4. The number of para-hydroxylation sites is 1. The Kier molecular flexibility index (Phi) is 7.09. The summed E-state index contributed by atoms with van der Waals surface area (Å²) in [5, 5.41) is 2.77. The lowest BCUT2D eigenvalue weighted by Gasteiger charge is -2.15. The zero-order valence-electron chi connectivity index (χ0n) is 14.9. The predicted octanol–water partition coefficient (Wildman–Crippen LogP) is 4.53. The third-order valence-electron chi connectivity index (χ3n) is 3.98. The highest BCUT2D eigenvalue weighted by Gasteiger charge is 2.12. The van der Waals surface area contributed by atoms with Gasteiger partial charge in [-0.15, -0.1) is 0 Å². The van der Waals surface area contributed by atoms with E-state index in [-0.39, 0.29) is 12.4 Å². The number of carbonyl (C=O) groups excluding carboxylic acids is 2. The third-order valence-corrected chi connectivity index (χ3v) is 3.98. The van der Waals surface area contributed by atoms with Crippen LogP contribution in [0, 0.1) is 5.82 Å². The summed E-state index contributed by atoms with van der Waals surface area (Å²) in [5.74, 6) is -1.16. The summed E-state index contributed by atoms with van der Waals surface area (Å²) in [6.07, 6.45) is 3.55. The first-order valence-corrected chi connectivity index (χ1v) is 8.48. The molecule has 0 unspecified atom stereocenters. The van der Waals surface area contributed by atoms with Crippen LogP contribution < -0.4 is 5.32 Å². The number of amides is 1. The van der Waals surface area contributed by atoms with Crippen molar-refractivity contribution in [3.63, 3.8) is 0 Å². The lowest BCUT2D eigenvalue weighted by molar-refractivity contribution is -0.142. The Morgan fingerprint density at radius 1 is 1.19 bits per heavy atom. The van der Waals surface area contributed by atoms with Crippen LogP contribution in [0.4, 0.5) is 10.1 Å². The largest absolute Gasteiger partial charge is 0.452 e. The molecule has 0 fully saturated rings. The third kappa shape index (κ3) is 5.84. The van der Waals surface area contributed by atoms with E-state index in [1.54, 1.807) is 12.1 Å². The van der Waals surface area contributed by atoms with Crippen molar-refractivity contribution in [1.82, 2.24) is 0 Å². The van der Waals surface area contributed by atoms with Gasteiger partial charge < -0.3 is 10.1 Å². The molecule has 26 heavy (non-hydrogen) atoms. The lowest BCUT2D eigenvalue weighted by Crippen LogP contribution is -2.21. The molecule has 0 saturated heterocycles. The van der Waals surface area contributed by atoms with Gasteiger partial charge in [-0.05, 0) is 47.7 Å². The molecule has 0 bridgehead atoms. The Hall–Kier alpha value is -2.95. The van der Waals surface area contributed by atoms with Gasteiger partial charge in [-0.25, -0.2) is 9.18 Å². The van der Waals surface area contributed by atoms with Crippen LogP contribution in [0.3, 0.4) is 0 Å². The van der Waals surface area contributed by atoms with Gasteiger partial charge in [0.25, 0.3) is 5.91 Å². The summed E-state index contributed by atoms with van der Waals surface area (Å²) in [7, 11) is 0. The van der Waals surface area contributed by atoms with Gasteiger partial charge in [0.2, 0.25) is 0 Å². The minimum atomic E-state index is -0.667. The van der Waals surface area contributed by atoms with Gasteiger partial charge in [0.1, 0.15) is 5.82 Å². The molecule has 0 spiro atoms. The second-order valence-electron chi connectivity index (χ2n) is 5.94. The van der Waals surface area contributed by atoms with Gasteiger partial charge >= 0.3 is 5.97 Å². The van der Waals surface area contributed by atoms with E-state index < -0.39 is 11.9 Å². The Balaban J connectivity index is 1.88. The fraction of sp³-hybridized carbons (Fsp3) is 0.238. The van der Waals surface area contributed by atoms with Crippen LogP contribution in [0.5, 0.6) is 0 Å². The fourth-order valence-corrected chi connectivity index (χ4v) is 2.41. The Morgan fingerprint density at radius 2 is 1.96 bits per heavy atom. The molecule has 0 saturated carbocycles. The first-order chi connectivity index (χ1) is 12.5. The average Bonchev–Trinajstić information content (AvgIpc) is 2.64. The number of nitrogens with one attached hydrogen (secondary N) is 1. The molecule has 4 nitrogen and oxygen atoms in total. The smallest absolute Gasteiger partial charge is 0.331 e. The molecular formula is C21H22FNO3. The number of halogens is 1. The zero-order chi connectivity index (χ0) is 18.9. The highest BCUT2D eigenvalue weighted by Crippen LogP contribution is 2.26. The number of benzene rings is 2. The van der Waals surface area contributed by atoms with Crippen molar-refractivity contribution < 1.29 is 18.7 Å². The first-order valence-electron chi connectivity index (χ1n) is 8.48. The van der Waals surface area contributed by atoms with Crippen LogP contribution in [-0.4, -0.2) is 18.5 Å². The second-order valence-corrected chi connectivity index (χ2v) is 5.94. The van der Waals surface area contributed by atoms with E-state index >= 15 is 0 Å². The second kappa shape index (κ2) is 9.51. The lowest BCUT2D eigenvalue weighted by atomic mass is 9.97. The van der Waals surface area contributed by atoms with Crippen molar-refractivity contribution in [2.24, 2.45) is 0 Å². The van der Waals surface area contributed by atoms with E-state index in [1.165, 1.54) is 18.2 Å². The normalized spacial score (nSPS) is 12.0. The number of hydrogen-bond acceptors (Lipinski definition) is 3. The molecule has 2 aromatic carbocycles. The van der Waals surface area contributed by atoms with Crippen molar-refractivity contribution in [3.05, 3.63) is 71.6 Å². The maximum absolute atomic E-state index is 13.1. The monoisotopic (exact) mass is 355 g/mol. The molecule has 0 aliphatic rings. The SMILES string of the molecule is CC[C@@H](C)c1ccccc1NC(=O)COC(=O)/C=C/c1cccc(F)c1. The minimum Gasteiger partial charge on any atom is -0.452 e. The highest BCUT2D eigenvalue weighted by atomic mass is 19.1. The number of rotatable bonds is 7. The number of esters is 1. The van der Waals surface area contributed by atoms with E-state index in [4.69, 9.17) is 4.74 Å². The van der Waals surface area contributed by atoms with Crippen molar-refractivity contribution in [2.75, 3.05) is 11.9 Å². The van der Waals surface area contributed by atoms with Crippen LogP contribution in [0.15, 0.2) is 54.6 Å². The van der Waals surface area contributed by atoms with Crippen LogP contribution in [-0.2, 0) is 14.3 Å². The topological polar surface area (TPSA) is 55.4 Å². The Labute approximate surface area is 152 Å². The standard InChI is InChI=1S/C21H22FNO3/c1-3-15(2)18-9-4-5-10-19(18)23-20(24)14-26-21(25)12-11-16-7-6-8-17(22)13-16/h4-13,15H,3,14H2,1-2H3,(H,23,24)/b12-11+/t15-/m1/s1. The van der Waals surface area contributed by atoms with Crippen LogP contribution >= 0.6 is 0 Å². The van der Waals surface area contributed by atoms with Gasteiger partial charge in [0.05, 0.1) is 0 Å². The molecule has 0 heterocycles. The molecule has 0 aliphatic carbocycles. The summed E-state index contributed by atoms with van der Waals surface area (Å²) in [5.41, 5.74) is 2.30. The molecule has 0 radical (unpaired) electrons.